The lowest BCUT2D eigenvalue weighted by atomic mass is 10.1. The first kappa shape index (κ1) is 22.6. The lowest BCUT2D eigenvalue weighted by molar-refractivity contribution is -0.123. The number of hydrogen-bond donors (Lipinski definition) is 2. The SMILES string of the molecule is COc1ccc(NC(=O)C(C)OC(=O)c2c(NC(=O)C3CC3)sc(C)c2C)cc1OC. The van der Waals surface area contributed by atoms with Gasteiger partial charge in [-0.25, -0.2) is 4.79 Å². The number of benzene rings is 1. The van der Waals surface area contributed by atoms with Crippen molar-refractivity contribution in [3.63, 3.8) is 0 Å². The summed E-state index contributed by atoms with van der Waals surface area (Å²) in [5.41, 5.74) is 1.50. The van der Waals surface area contributed by atoms with Crippen LogP contribution in [0.4, 0.5) is 10.7 Å². The monoisotopic (exact) mass is 446 g/mol. The van der Waals surface area contributed by atoms with E-state index in [2.05, 4.69) is 10.6 Å². The molecule has 1 aromatic carbocycles. The number of nitrogens with one attached hydrogen (secondary N) is 2. The third kappa shape index (κ3) is 5.16. The van der Waals surface area contributed by atoms with Gasteiger partial charge in [-0.1, -0.05) is 0 Å². The van der Waals surface area contributed by atoms with Gasteiger partial charge in [0.25, 0.3) is 5.91 Å². The van der Waals surface area contributed by atoms with Crippen LogP contribution in [0.5, 0.6) is 11.5 Å². The molecule has 1 unspecified atom stereocenters. The molecule has 166 valence electrons. The first-order chi connectivity index (χ1) is 14.7. The van der Waals surface area contributed by atoms with Gasteiger partial charge in [-0.15, -0.1) is 11.3 Å². The molecule has 0 radical (unpaired) electrons. The van der Waals surface area contributed by atoms with Crippen molar-refractivity contribution in [2.24, 2.45) is 5.92 Å². The molecule has 0 spiro atoms. The maximum atomic E-state index is 12.8. The number of carbonyl (C=O) groups excluding carboxylic acids is 3. The third-order valence-electron chi connectivity index (χ3n) is 5.08. The molecule has 8 nitrogen and oxygen atoms in total. The van der Waals surface area contributed by atoms with Crippen molar-refractivity contribution in [2.45, 2.75) is 39.7 Å². The Hall–Kier alpha value is -3.07. The molecular formula is C22H26N2O6S. The molecule has 0 bridgehead atoms. The third-order valence-corrected chi connectivity index (χ3v) is 6.20. The number of hydrogen-bond acceptors (Lipinski definition) is 7. The van der Waals surface area contributed by atoms with Gasteiger partial charge in [-0.3, -0.25) is 9.59 Å². The van der Waals surface area contributed by atoms with Crippen LogP contribution in [0.1, 0.15) is 40.6 Å². The molecule has 1 aliphatic rings. The van der Waals surface area contributed by atoms with Gasteiger partial charge in [-0.05, 0) is 51.3 Å². The second kappa shape index (κ2) is 9.38. The van der Waals surface area contributed by atoms with Gasteiger partial charge in [0.05, 0.1) is 19.8 Å². The fourth-order valence-electron chi connectivity index (χ4n) is 2.95. The number of carbonyl (C=O) groups is 3. The van der Waals surface area contributed by atoms with E-state index >= 15 is 0 Å². The zero-order valence-electron chi connectivity index (χ0n) is 18.2. The molecule has 1 atom stereocenters. The molecule has 2 amide bonds. The summed E-state index contributed by atoms with van der Waals surface area (Å²) in [4.78, 5) is 38.5. The summed E-state index contributed by atoms with van der Waals surface area (Å²) in [6.45, 7) is 5.16. The zero-order chi connectivity index (χ0) is 22.7. The minimum Gasteiger partial charge on any atom is -0.493 e. The van der Waals surface area contributed by atoms with Crippen molar-refractivity contribution in [3.05, 3.63) is 34.2 Å². The van der Waals surface area contributed by atoms with Gasteiger partial charge in [0.2, 0.25) is 5.91 Å². The van der Waals surface area contributed by atoms with E-state index in [-0.39, 0.29) is 11.8 Å². The number of esters is 1. The average molecular weight is 447 g/mol. The van der Waals surface area contributed by atoms with Crippen LogP contribution in [-0.2, 0) is 14.3 Å². The number of rotatable bonds is 8. The highest BCUT2D eigenvalue weighted by Gasteiger charge is 2.32. The maximum Gasteiger partial charge on any atom is 0.342 e. The summed E-state index contributed by atoms with van der Waals surface area (Å²) in [5.74, 6) is -0.224. The van der Waals surface area contributed by atoms with E-state index in [0.29, 0.717) is 27.8 Å². The standard InChI is InChI=1S/C22H26N2O6S/c1-11-13(3)31-21(24-20(26)14-6-7-14)18(11)22(27)30-12(2)19(25)23-15-8-9-16(28-4)17(10-15)29-5/h8-10,12,14H,6-7H2,1-5H3,(H,23,25)(H,24,26). The van der Waals surface area contributed by atoms with E-state index in [1.807, 2.05) is 6.92 Å². The summed E-state index contributed by atoms with van der Waals surface area (Å²) in [6.07, 6.45) is 0.678. The number of methoxy groups -OCH3 is 2. The molecule has 1 fully saturated rings. The highest BCUT2D eigenvalue weighted by molar-refractivity contribution is 7.16. The Balaban J connectivity index is 1.69. The van der Waals surface area contributed by atoms with Crippen LogP contribution in [0.2, 0.25) is 0 Å². The van der Waals surface area contributed by atoms with Gasteiger partial charge < -0.3 is 24.8 Å². The highest BCUT2D eigenvalue weighted by Crippen LogP contribution is 2.36. The molecule has 3 rings (SSSR count). The zero-order valence-corrected chi connectivity index (χ0v) is 19.0. The Kier molecular flexibility index (Phi) is 6.84. The predicted octanol–water partition coefficient (Wildman–Crippen LogP) is 3.91. The van der Waals surface area contributed by atoms with Crippen molar-refractivity contribution in [3.8, 4) is 11.5 Å². The lowest BCUT2D eigenvalue weighted by Crippen LogP contribution is -2.30. The van der Waals surface area contributed by atoms with Crippen molar-refractivity contribution in [1.29, 1.82) is 0 Å². The maximum absolute atomic E-state index is 12.8. The molecule has 1 aromatic heterocycles. The van der Waals surface area contributed by atoms with E-state index in [4.69, 9.17) is 14.2 Å². The number of thiophene rings is 1. The largest absolute Gasteiger partial charge is 0.493 e. The first-order valence-corrected chi connectivity index (χ1v) is 10.7. The molecule has 9 heteroatoms. The summed E-state index contributed by atoms with van der Waals surface area (Å²) in [5, 5.41) is 5.99. The Morgan fingerprint density at radius 2 is 1.74 bits per heavy atom. The molecule has 2 N–H and O–H groups in total. The van der Waals surface area contributed by atoms with E-state index in [1.165, 1.54) is 32.5 Å². The molecule has 31 heavy (non-hydrogen) atoms. The normalized spacial score (nSPS) is 13.8. The second-order valence-corrected chi connectivity index (χ2v) is 8.58. The van der Waals surface area contributed by atoms with Gasteiger partial charge >= 0.3 is 5.97 Å². The molecule has 1 saturated carbocycles. The van der Waals surface area contributed by atoms with E-state index in [0.717, 1.165) is 23.3 Å². The molecule has 0 aliphatic heterocycles. The fraction of sp³-hybridized carbons (Fsp3) is 0.409. The fourth-order valence-corrected chi connectivity index (χ4v) is 4.00. The van der Waals surface area contributed by atoms with Crippen LogP contribution in [-0.4, -0.2) is 38.1 Å². The minimum absolute atomic E-state index is 0.0118. The predicted molar refractivity (Wildman–Crippen MR) is 118 cm³/mol. The number of anilines is 2. The number of aryl methyl sites for hydroxylation is 1. The van der Waals surface area contributed by atoms with Crippen LogP contribution in [0.3, 0.4) is 0 Å². The summed E-state index contributed by atoms with van der Waals surface area (Å²) >= 11 is 1.33. The van der Waals surface area contributed by atoms with Crippen LogP contribution in [0.15, 0.2) is 18.2 Å². The second-order valence-electron chi connectivity index (χ2n) is 7.36. The average Bonchev–Trinajstić information content (AvgIpc) is 3.54. The number of amides is 2. The van der Waals surface area contributed by atoms with Crippen LogP contribution in [0, 0.1) is 19.8 Å². The molecule has 1 aliphatic carbocycles. The first-order valence-electron chi connectivity index (χ1n) is 9.89. The highest BCUT2D eigenvalue weighted by atomic mass is 32.1. The Labute approximate surface area is 184 Å². The van der Waals surface area contributed by atoms with Crippen molar-refractivity contribution >= 4 is 39.8 Å². The smallest absolute Gasteiger partial charge is 0.342 e. The lowest BCUT2D eigenvalue weighted by Gasteiger charge is -2.15. The van der Waals surface area contributed by atoms with Crippen LogP contribution < -0.4 is 20.1 Å². The Morgan fingerprint density at radius 1 is 1.06 bits per heavy atom. The number of ether oxygens (including phenoxy) is 3. The van der Waals surface area contributed by atoms with Crippen molar-refractivity contribution < 1.29 is 28.6 Å². The Morgan fingerprint density at radius 3 is 2.35 bits per heavy atom. The van der Waals surface area contributed by atoms with Crippen molar-refractivity contribution in [2.75, 3.05) is 24.9 Å². The van der Waals surface area contributed by atoms with Gasteiger partial charge in [-0.2, -0.15) is 0 Å². The van der Waals surface area contributed by atoms with Crippen LogP contribution in [0.25, 0.3) is 0 Å². The summed E-state index contributed by atoms with van der Waals surface area (Å²) in [6, 6.07) is 4.94. The minimum atomic E-state index is -1.05. The topological polar surface area (TPSA) is 103 Å². The van der Waals surface area contributed by atoms with E-state index in [1.54, 1.807) is 25.1 Å². The molecular weight excluding hydrogens is 420 g/mol. The van der Waals surface area contributed by atoms with E-state index in [9.17, 15) is 14.4 Å². The summed E-state index contributed by atoms with van der Waals surface area (Å²) < 4.78 is 15.8. The molecule has 0 saturated heterocycles. The quantitative estimate of drug-likeness (QED) is 0.596. The summed E-state index contributed by atoms with van der Waals surface area (Å²) in [7, 11) is 3.02. The molecule has 1 heterocycles. The van der Waals surface area contributed by atoms with Gasteiger partial charge in [0, 0.05) is 22.5 Å². The van der Waals surface area contributed by atoms with E-state index < -0.39 is 18.0 Å². The van der Waals surface area contributed by atoms with Gasteiger partial charge in [0.1, 0.15) is 5.00 Å². The molecule has 2 aromatic rings. The van der Waals surface area contributed by atoms with Gasteiger partial charge in [0.15, 0.2) is 17.6 Å². The van der Waals surface area contributed by atoms with Crippen LogP contribution >= 0.6 is 11.3 Å². The van der Waals surface area contributed by atoms with Crippen molar-refractivity contribution in [1.82, 2.24) is 0 Å². The Bertz CT molecular complexity index is 1010.